The van der Waals surface area contributed by atoms with Crippen molar-refractivity contribution in [2.24, 2.45) is 0 Å². The van der Waals surface area contributed by atoms with Crippen LogP contribution in [0, 0.1) is 0 Å². The van der Waals surface area contributed by atoms with Crippen LogP contribution in [-0.2, 0) is 13.0 Å². The van der Waals surface area contributed by atoms with Crippen LogP contribution in [0.1, 0.15) is 25.0 Å². The molecular weight excluding hydrogens is 260 g/mol. The molecular formula is C15H23ClN2O. The molecule has 1 aliphatic heterocycles. The van der Waals surface area contributed by atoms with Crippen molar-refractivity contribution in [3.8, 4) is 5.75 Å². The lowest BCUT2D eigenvalue weighted by molar-refractivity contribution is 0.306. The first-order valence-electron chi connectivity index (χ1n) is 6.92. The lowest BCUT2D eigenvalue weighted by Gasteiger charge is -2.19. The van der Waals surface area contributed by atoms with Crippen molar-refractivity contribution in [2.45, 2.75) is 32.9 Å². The first kappa shape index (κ1) is 14.6. The summed E-state index contributed by atoms with van der Waals surface area (Å²) in [5, 5.41) is 4.24. The van der Waals surface area contributed by atoms with E-state index in [1.165, 1.54) is 11.1 Å². The maximum Gasteiger partial charge on any atom is 0.127 e. The smallest absolute Gasteiger partial charge is 0.127 e. The van der Waals surface area contributed by atoms with Gasteiger partial charge in [0.1, 0.15) is 5.75 Å². The largest absolute Gasteiger partial charge is 0.493 e. The molecule has 0 unspecified atom stereocenters. The Morgan fingerprint density at radius 3 is 2.95 bits per heavy atom. The molecule has 4 heteroatoms. The molecule has 1 N–H and O–H groups in total. The highest BCUT2D eigenvalue weighted by Gasteiger charge is 2.18. The first-order valence-corrected chi connectivity index (χ1v) is 7.30. The minimum absolute atomic E-state index is 0.534. The first-order chi connectivity index (χ1) is 9.06. The predicted octanol–water partition coefficient (Wildman–Crippen LogP) is 2.70. The molecule has 0 fully saturated rings. The second-order valence-electron chi connectivity index (χ2n) is 5.50. The number of hydrogen-bond acceptors (Lipinski definition) is 3. The molecule has 0 saturated heterocycles. The zero-order chi connectivity index (χ0) is 13.8. The van der Waals surface area contributed by atoms with E-state index < -0.39 is 0 Å². The van der Waals surface area contributed by atoms with Crippen LogP contribution < -0.4 is 10.1 Å². The molecule has 1 aromatic carbocycles. The second kappa shape index (κ2) is 6.60. The van der Waals surface area contributed by atoms with Gasteiger partial charge < -0.3 is 15.0 Å². The van der Waals surface area contributed by atoms with Crippen LogP contribution in [0.3, 0.4) is 0 Å². The van der Waals surface area contributed by atoms with Gasteiger partial charge in [0.2, 0.25) is 0 Å². The number of nitrogens with zero attached hydrogens (tertiary/aromatic N) is 1. The molecule has 1 aromatic rings. The summed E-state index contributed by atoms with van der Waals surface area (Å²) < 4.78 is 5.73. The van der Waals surface area contributed by atoms with E-state index >= 15 is 0 Å². The van der Waals surface area contributed by atoms with Gasteiger partial charge in [-0.3, -0.25) is 0 Å². The number of ether oxygens (including phenoxy) is 1. The van der Waals surface area contributed by atoms with Crippen LogP contribution >= 0.6 is 11.6 Å². The monoisotopic (exact) mass is 282 g/mol. The summed E-state index contributed by atoms with van der Waals surface area (Å²) in [6.45, 7) is 8.00. The van der Waals surface area contributed by atoms with Crippen molar-refractivity contribution in [3.05, 3.63) is 28.3 Å². The summed E-state index contributed by atoms with van der Waals surface area (Å²) in [5.41, 5.74) is 2.45. The molecule has 0 bridgehead atoms. The molecule has 0 spiro atoms. The average Bonchev–Trinajstić information content (AvgIpc) is 2.76. The summed E-state index contributed by atoms with van der Waals surface area (Å²) in [5.74, 6) is 1.05. The van der Waals surface area contributed by atoms with Gasteiger partial charge in [0, 0.05) is 42.7 Å². The number of nitrogens with one attached hydrogen (secondary N) is 1. The van der Waals surface area contributed by atoms with Gasteiger partial charge in [-0.05, 0) is 24.7 Å². The topological polar surface area (TPSA) is 24.5 Å². The van der Waals surface area contributed by atoms with Crippen LogP contribution in [0.25, 0.3) is 0 Å². The molecule has 0 aromatic heterocycles. The van der Waals surface area contributed by atoms with Crippen LogP contribution in [0.5, 0.6) is 5.75 Å². The van der Waals surface area contributed by atoms with E-state index in [0.717, 1.165) is 43.4 Å². The number of benzene rings is 1. The normalized spacial score (nSPS) is 14.0. The van der Waals surface area contributed by atoms with Crippen molar-refractivity contribution in [1.82, 2.24) is 10.2 Å². The molecule has 0 amide bonds. The zero-order valence-electron chi connectivity index (χ0n) is 12.0. The quantitative estimate of drug-likeness (QED) is 0.868. The summed E-state index contributed by atoms with van der Waals surface area (Å²) in [6.07, 6.45) is 0.974. The zero-order valence-corrected chi connectivity index (χ0v) is 12.8. The molecule has 0 aliphatic carbocycles. The Bertz CT molecular complexity index is 434. The molecule has 1 aliphatic rings. The Balaban J connectivity index is 1.95. The van der Waals surface area contributed by atoms with Crippen molar-refractivity contribution in [1.29, 1.82) is 0 Å². The van der Waals surface area contributed by atoms with E-state index in [2.05, 4.69) is 31.1 Å². The summed E-state index contributed by atoms with van der Waals surface area (Å²) in [4.78, 5) is 2.29. The highest BCUT2D eigenvalue weighted by molar-refractivity contribution is 6.30. The minimum Gasteiger partial charge on any atom is -0.493 e. The van der Waals surface area contributed by atoms with E-state index in [1.807, 2.05) is 12.1 Å². The second-order valence-corrected chi connectivity index (χ2v) is 5.93. The molecule has 3 nitrogen and oxygen atoms in total. The maximum atomic E-state index is 6.17. The Morgan fingerprint density at radius 1 is 1.42 bits per heavy atom. The molecule has 19 heavy (non-hydrogen) atoms. The summed E-state index contributed by atoms with van der Waals surface area (Å²) in [6, 6.07) is 4.58. The summed E-state index contributed by atoms with van der Waals surface area (Å²) >= 11 is 6.17. The molecule has 106 valence electrons. The third-order valence-corrected chi connectivity index (χ3v) is 3.53. The summed E-state index contributed by atoms with van der Waals surface area (Å²) in [7, 11) is 2.13. The number of likely N-dealkylation sites (N-methyl/N-ethyl adjacent to an activating group) is 1. The van der Waals surface area contributed by atoms with E-state index in [1.54, 1.807) is 0 Å². The predicted molar refractivity (Wildman–Crippen MR) is 80.1 cm³/mol. The van der Waals surface area contributed by atoms with Gasteiger partial charge in [-0.25, -0.2) is 0 Å². The molecule has 1 heterocycles. The number of halogens is 1. The SMILES string of the molecule is CC(C)NCCN(C)Cc1cc(Cl)cc2c1OCC2. The van der Waals surface area contributed by atoms with E-state index in [4.69, 9.17) is 16.3 Å². The van der Waals surface area contributed by atoms with Crippen LogP contribution in [-0.4, -0.2) is 37.7 Å². The van der Waals surface area contributed by atoms with Gasteiger partial charge in [-0.2, -0.15) is 0 Å². The van der Waals surface area contributed by atoms with Crippen molar-refractivity contribution < 1.29 is 4.74 Å². The Labute approximate surface area is 120 Å². The van der Waals surface area contributed by atoms with Crippen LogP contribution in [0.15, 0.2) is 12.1 Å². The Kier molecular flexibility index (Phi) is 5.08. The van der Waals surface area contributed by atoms with Gasteiger partial charge in [0.15, 0.2) is 0 Å². The van der Waals surface area contributed by atoms with Crippen molar-refractivity contribution in [2.75, 3.05) is 26.7 Å². The van der Waals surface area contributed by atoms with E-state index in [0.29, 0.717) is 6.04 Å². The fourth-order valence-electron chi connectivity index (χ4n) is 2.38. The fourth-order valence-corrected chi connectivity index (χ4v) is 2.64. The van der Waals surface area contributed by atoms with Gasteiger partial charge >= 0.3 is 0 Å². The number of rotatable bonds is 6. The average molecular weight is 283 g/mol. The molecule has 0 atom stereocenters. The standard InChI is InChI=1S/C15H23ClN2O/c1-11(2)17-5-6-18(3)10-13-9-14(16)8-12-4-7-19-15(12)13/h8-9,11,17H,4-7,10H2,1-3H3. The van der Waals surface area contributed by atoms with Gasteiger partial charge in [0.05, 0.1) is 6.61 Å². The molecule has 0 radical (unpaired) electrons. The highest BCUT2D eigenvalue weighted by Crippen LogP contribution is 2.33. The van der Waals surface area contributed by atoms with Gasteiger partial charge in [-0.15, -0.1) is 0 Å². The fraction of sp³-hybridized carbons (Fsp3) is 0.600. The third-order valence-electron chi connectivity index (χ3n) is 3.31. The molecule has 2 rings (SSSR count). The van der Waals surface area contributed by atoms with Crippen LogP contribution in [0.2, 0.25) is 5.02 Å². The Hall–Kier alpha value is -0.770. The number of fused-ring (bicyclic) bond motifs is 1. The lowest BCUT2D eigenvalue weighted by Crippen LogP contribution is -2.32. The van der Waals surface area contributed by atoms with E-state index in [-0.39, 0.29) is 0 Å². The van der Waals surface area contributed by atoms with Crippen LogP contribution in [0.4, 0.5) is 0 Å². The Morgan fingerprint density at radius 2 is 2.21 bits per heavy atom. The molecule has 0 saturated carbocycles. The van der Waals surface area contributed by atoms with Gasteiger partial charge in [0.25, 0.3) is 0 Å². The third kappa shape index (κ3) is 4.10. The highest BCUT2D eigenvalue weighted by atomic mass is 35.5. The van der Waals surface area contributed by atoms with Crippen molar-refractivity contribution in [3.63, 3.8) is 0 Å². The van der Waals surface area contributed by atoms with Crippen molar-refractivity contribution >= 4 is 11.6 Å². The van der Waals surface area contributed by atoms with Gasteiger partial charge in [-0.1, -0.05) is 25.4 Å². The number of hydrogen-bond donors (Lipinski definition) is 1. The maximum absolute atomic E-state index is 6.17. The lowest BCUT2D eigenvalue weighted by atomic mass is 10.1. The van der Waals surface area contributed by atoms with E-state index in [9.17, 15) is 0 Å². The minimum atomic E-state index is 0.534.